The van der Waals surface area contributed by atoms with Crippen molar-refractivity contribution in [2.75, 3.05) is 43.9 Å². The predicted octanol–water partition coefficient (Wildman–Crippen LogP) is 2.34. The number of nitrogens with two attached hydrogens (primary N) is 1. The van der Waals surface area contributed by atoms with E-state index in [9.17, 15) is 5.11 Å². The molecule has 3 N–H and O–H groups in total. The monoisotopic (exact) mass is 357 g/mol. The summed E-state index contributed by atoms with van der Waals surface area (Å²) in [6, 6.07) is 6.81. The van der Waals surface area contributed by atoms with E-state index >= 15 is 0 Å². The Balaban J connectivity index is 1.27. The summed E-state index contributed by atoms with van der Waals surface area (Å²) < 4.78 is 5.38. The van der Waals surface area contributed by atoms with Crippen LogP contribution >= 0.6 is 0 Å². The second-order valence-electron chi connectivity index (χ2n) is 9.13. The highest BCUT2D eigenvalue weighted by Gasteiger charge is 2.56. The molecule has 1 heterocycles. The lowest BCUT2D eigenvalue weighted by Crippen LogP contribution is -2.64. The maximum absolute atomic E-state index is 10.8. The lowest BCUT2D eigenvalue weighted by atomic mass is 9.52. The van der Waals surface area contributed by atoms with Gasteiger partial charge in [-0.15, -0.1) is 0 Å². The van der Waals surface area contributed by atoms with Crippen LogP contribution in [-0.4, -0.2) is 54.9 Å². The van der Waals surface area contributed by atoms with Crippen molar-refractivity contribution in [3.63, 3.8) is 0 Å². The second kappa shape index (κ2) is 6.03. The van der Waals surface area contributed by atoms with Crippen molar-refractivity contribution in [2.24, 2.45) is 17.8 Å². The van der Waals surface area contributed by atoms with E-state index in [0.29, 0.717) is 11.7 Å². The molecule has 1 saturated heterocycles. The summed E-state index contributed by atoms with van der Waals surface area (Å²) in [7, 11) is 1.67. The third kappa shape index (κ3) is 2.67. The predicted molar refractivity (Wildman–Crippen MR) is 103 cm³/mol. The van der Waals surface area contributed by atoms with Crippen LogP contribution in [0.2, 0.25) is 0 Å². The highest BCUT2D eigenvalue weighted by molar-refractivity contribution is 5.62. The van der Waals surface area contributed by atoms with Crippen LogP contribution in [0.4, 0.5) is 11.4 Å². The SMILES string of the molecule is COc1cc(N2CCN(C3C4CC5C[C@H]3CC(O)(C5)C4)CC2)ccc1N. The van der Waals surface area contributed by atoms with E-state index in [1.165, 1.54) is 18.5 Å². The first-order valence-electron chi connectivity index (χ1n) is 10.2. The Morgan fingerprint density at radius 1 is 1.08 bits per heavy atom. The molecule has 1 aromatic carbocycles. The van der Waals surface area contributed by atoms with Crippen LogP contribution in [0.3, 0.4) is 0 Å². The highest BCUT2D eigenvalue weighted by atomic mass is 16.5. The van der Waals surface area contributed by atoms with Gasteiger partial charge >= 0.3 is 0 Å². The first kappa shape index (κ1) is 16.7. The quantitative estimate of drug-likeness (QED) is 0.813. The summed E-state index contributed by atoms with van der Waals surface area (Å²) in [5.74, 6) is 2.99. The minimum Gasteiger partial charge on any atom is -0.495 e. The molecule has 4 aliphatic carbocycles. The average molecular weight is 357 g/mol. The van der Waals surface area contributed by atoms with Gasteiger partial charge in [0.1, 0.15) is 5.75 Å². The van der Waals surface area contributed by atoms with E-state index in [0.717, 1.165) is 68.9 Å². The average Bonchev–Trinajstić information content (AvgIpc) is 2.61. The zero-order chi connectivity index (χ0) is 17.9. The summed E-state index contributed by atoms with van der Waals surface area (Å²) in [6.45, 7) is 4.34. The number of benzene rings is 1. The largest absolute Gasteiger partial charge is 0.495 e. The zero-order valence-corrected chi connectivity index (χ0v) is 15.7. The summed E-state index contributed by atoms with van der Waals surface area (Å²) in [4.78, 5) is 5.18. The number of rotatable bonds is 3. The molecule has 1 aromatic rings. The van der Waals surface area contributed by atoms with Gasteiger partial charge in [-0.3, -0.25) is 4.90 Å². The van der Waals surface area contributed by atoms with Gasteiger partial charge in [0.05, 0.1) is 18.4 Å². The van der Waals surface area contributed by atoms with Gasteiger partial charge in [0.25, 0.3) is 0 Å². The van der Waals surface area contributed by atoms with Gasteiger partial charge in [-0.25, -0.2) is 0 Å². The summed E-state index contributed by atoms with van der Waals surface area (Å²) in [5.41, 5.74) is 7.53. The van der Waals surface area contributed by atoms with Crippen LogP contribution in [0, 0.1) is 17.8 Å². The molecule has 4 unspecified atom stereocenters. The zero-order valence-electron chi connectivity index (χ0n) is 15.7. The smallest absolute Gasteiger partial charge is 0.143 e. The molecule has 0 amide bonds. The molecule has 0 radical (unpaired) electrons. The molecule has 26 heavy (non-hydrogen) atoms. The highest BCUT2D eigenvalue weighted by Crippen LogP contribution is 2.57. The Morgan fingerprint density at radius 2 is 1.77 bits per heavy atom. The van der Waals surface area contributed by atoms with Crippen molar-refractivity contribution in [3.8, 4) is 5.75 Å². The summed E-state index contributed by atoms with van der Waals surface area (Å²) in [6.07, 6.45) is 5.84. The minimum atomic E-state index is -0.324. The number of piperazine rings is 1. The van der Waals surface area contributed by atoms with Gasteiger partial charge in [-0.1, -0.05) is 0 Å². The lowest BCUT2D eigenvalue weighted by molar-refractivity contribution is -0.160. The molecule has 0 spiro atoms. The molecule has 5 aliphatic rings. The molecular weight excluding hydrogens is 326 g/mol. The van der Waals surface area contributed by atoms with E-state index in [2.05, 4.69) is 21.9 Å². The van der Waals surface area contributed by atoms with Crippen molar-refractivity contribution < 1.29 is 9.84 Å². The van der Waals surface area contributed by atoms with E-state index in [1.807, 2.05) is 6.07 Å². The Bertz CT molecular complexity index is 670. The van der Waals surface area contributed by atoms with Gasteiger partial charge in [-0.05, 0) is 62.0 Å². The van der Waals surface area contributed by atoms with E-state index < -0.39 is 0 Å². The number of anilines is 2. The number of aliphatic hydroxyl groups is 1. The molecule has 5 fully saturated rings. The van der Waals surface area contributed by atoms with Gasteiger partial charge in [0.15, 0.2) is 0 Å². The first-order chi connectivity index (χ1) is 12.5. The molecule has 1 aliphatic heterocycles. The van der Waals surface area contributed by atoms with E-state index in [4.69, 9.17) is 10.5 Å². The third-order valence-electron chi connectivity index (χ3n) is 7.51. The molecule has 5 atom stereocenters. The minimum absolute atomic E-state index is 0.324. The Kier molecular flexibility index (Phi) is 3.87. The number of nitrogens with zero attached hydrogens (tertiary/aromatic N) is 2. The maximum Gasteiger partial charge on any atom is 0.143 e. The Labute approximate surface area is 156 Å². The van der Waals surface area contributed by atoms with E-state index in [-0.39, 0.29) is 5.60 Å². The van der Waals surface area contributed by atoms with Crippen molar-refractivity contribution >= 4 is 11.4 Å². The third-order valence-corrected chi connectivity index (χ3v) is 7.51. The fourth-order valence-electron chi connectivity index (χ4n) is 6.73. The van der Waals surface area contributed by atoms with E-state index in [1.54, 1.807) is 7.11 Å². The van der Waals surface area contributed by atoms with Gasteiger partial charge in [0, 0.05) is 44.0 Å². The van der Waals surface area contributed by atoms with Crippen molar-refractivity contribution in [1.29, 1.82) is 0 Å². The van der Waals surface area contributed by atoms with Gasteiger partial charge < -0.3 is 20.5 Å². The van der Waals surface area contributed by atoms with Crippen LogP contribution < -0.4 is 15.4 Å². The molecule has 4 saturated carbocycles. The van der Waals surface area contributed by atoms with Gasteiger partial charge in [0.2, 0.25) is 0 Å². The summed E-state index contributed by atoms with van der Waals surface area (Å²) >= 11 is 0. The molecule has 142 valence electrons. The fourth-order valence-corrected chi connectivity index (χ4v) is 6.73. The molecule has 0 aromatic heterocycles. The summed E-state index contributed by atoms with van der Waals surface area (Å²) in [5, 5.41) is 10.8. The topological polar surface area (TPSA) is 62.0 Å². The second-order valence-corrected chi connectivity index (χ2v) is 9.13. The maximum atomic E-state index is 10.8. The van der Waals surface area contributed by atoms with Crippen molar-refractivity contribution in [1.82, 2.24) is 4.90 Å². The number of hydrogen-bond acceptors (Lipinski definition) is 5. The molecule has 4 bridgehead atoms. The van der Waals surface area contributed by atoms with Crippen LogP contribution in [0.5, 0.6) is 5.75 Å². The van der Waals surface area contributed by atoms with Gasteiger partial charge in [-0.2, -0.15) is 0 Å². The lowest BCUT2D eigenvalue weighted by Gasteiger charge is -2.61. The van der Waals surface area contributed by atoms with Crippen LogP contribution in [0.15, 0.2) is 18.2 Å². The number of methoxy groups -OCH3 is 1. The fraction of sp³-hybridized carbons (Fsp3) is 0.714. The molecule has 6 rings (SSSR count). The van der Waals surface area contributed by atoms with Crippen LogP contribution in [0.25, 0.3) is 0 Å². The number of ether oxygens (including phenoxy) is 1. The van der Waals surface area contributed by atoms with Crippen LogP contribution in [0.1, 0.15) is 32.1 Å². The van der Waals surface area contributed by atoms with Crippen molar-refractivity contribution in [3.05, 3.63) is 18.2 Å². The normalized spacial score (nSPS) is 39.4. The number of nitrogen functional groups attached to an aromatic ring is 1. The Hall–Kier alpha value is -1.46. The van der Waals surface area contributed by atoms with Crippen LogP contribution in [-0.2, 0) is 0 Å². The Morgan fingerprint density at radius 3 is 2.38 bits per heavy atom. The molecule has 5 heteroatoms. The first-order valence-corrected chi connectivity index (χ1v) is 10.2. The molecular formula is C21H31N3O2. The molecule has 5 nitrogen and oxygen atoms in total. The number of hydrogen-bond donors (Lipinski definition) is 2. The standard InChI is InChI=1S/C21H31N3O2/c1-26-19-10-17(2-3-18(19)22)23-4-6-24(7-5-23)20-15-8-14-9-16(20)13-21(25,11-14)12-15/h2-3,10,14-16,20,25H,4-9,11-13,22H2,1H3/t14?,15-,16?,20?,21?/m0/s1. The van der Waals surface area contributed by atoms with Crippen molar-refractivity contribution in [2.45, 2.75) is 43.7 Å².